The zero-order chi connectivity index (χ0) is 25.8. The van der Waals surface area contributed by atoms with Crippen molar-refractivity contribution in [2.24, 2.45) is 0 Å². The summed E-state index contributed by atoms with van der Waals surface area (Å²) in [5.74, 6) is -0.325. The Kier molecular flexibility index (Phi) is 7.99. The van der Waals surface area contributed by atoms with E-state index in [0.29, 0.717) is 36.4 Å². The highest BCUT2D eigenvalue weighted by Gasteiger charge is 2.44. The average molecular weight is 493 g/mol. The van der Waals surface area contributed by atoms with Crippen molar-refractivity contribution < 1.29 is 29.1 Å². The van der Waals surface area contributed by atoms with Crippen LogP contribution in [0, 0.1) is 0 Å². The lowest BCUT2D eigenvalue weighted by Gasteiger charge is -2.28. The fourth-order valence-electron chi connectivity index (χ4n) is 5.21. The Bertz CT molecular complexity index is 1150. The lowest BCUT2D eigenvalue weighted by atomic mass is 9.94. The predicted octanol–water partition coefficient (Wildman–Crippen LogP) is 1.95. The number of nitrogens with one attached hydrogen (secondary N) is 1. The summed E-state index contributed by atoms with van der Waals surface area (Å²) in [6.07, 6.45) is 1.50. The Balaban J connectivity index is 1.75. The highest BCUT2D eigenvalue weighted by atomic mass is 16.5. The van der Waals surface area contributed by atoms with E-state index in [2.05, 4.69) is 13.8 Å². The number of benzene rings is 2. The fourth-order valence-corrected chi connectivity index (χ4v) is 5.21. The molecule has 36 heavy (non-hydrogen) atoms. The summed E-state index contributed by atoms with van der Waals surface area (Å²) in [6.45, 7) is 11.9. The third kappa shape index (κ3) is 5.12. The number of carbonyl (C=O) groups is 2. The highest BCUT2D eigenvalue weighted by molar-refractivity contribution is 6.46. The number of amides is 1. The summed E-state index contributed by atoms with van der Waals surface area (Å²) in [5, 5.41) is 13.8. The number of ketones is 1. The van der Waals surface area contributed by atoms with Gasteiger partial charge in [0.1, 0.15) is 17.6 Å². The SMILES string of the molecule is CCOc1cccc(C2C(=C([O-])c3ccc4c(c3)CC(C)O4)C(=O)C(=O)N2CCC[NH+](CC)CC)c1. The number of likely N-dealkylation sites (tertiary alicyclic amines) is 1. The molecule has 1 fully saturated rings. The van der Waals surface area contributed by atoms with Gasteiger partial charge in [-0.25, -0.2) is 0 Å². The van der Waals surface area contributed by atoms with Crippen molar-refractivity contribution in [3.63, 3.8) is 0 Å². The predicted molar refractivity (Wildman–Crippen MR) is 136 cm³/mol. The number of rotatable bonds is 10. The molecule has 1 N–H and O–H groups in total. The molecule has 0 aliphatic carbocycles. The number of quaternary nitrogens is 1. The first-order valence-electron chi connectivity index (χ1n) is 13.0. The van der Waals surface area contributed by atoms with Gasteiger partial charge in [0.15, 0.2) is 0 Å². The Labute approximate surface area is 213 Å². The van der Waals surface area contributed by atoms with Gasteiger partial charge in [-0.15, -0.1) is 0 Å². The van der Waals surface area contributed by atoms with Gasteiger partial charge in [0, 0.05) is 25.0 Å². The minimum atomic E-state index is -0.743. The maximum atomic E-state index is 13.8. The monoisotopic (exact) mass is 492 g/mol. The van der Waals surface area contributed by atoms with Crippen molar-refractivity contribution in [3.8, 4) is 11.5 Å². The van der Waals surface area contributed by atoms with Crippen LogP contribution in [0.25, 0.3) is 5.76 Å². The van der Waals surface area contributed by atoms with Crippen LogP contribution in [-0.2, 0) is 16.0 Å². The Morgan fingerprint density at radius 1 is 1.14 bits per heavy atom. The third-order valence-electron chi connectivity index (χ3n) is 7.10. The number of Topliss-reactive ketones (excluding diaryl/α,β-unsaturated/α-hetero) is 1. The van der Waals surface area contributed by atoms with Gasteiger partial charge in [0.25, 0.3) is 5.91 Å². The van der Waals surface area contributed by atoms with Crippen LogP contribution < -0.4 is 19.5 Å². The number of nitrogens with zero attached hydrogens (tertiary/aromatic N) is 1. The first-order valence-corrected chi connectivity index (χ1v) is 13.0. The molecule has 2 atom stereocenters. The molecule has 0 spiro atoms. The van der Waals surface area contributed by atoms with Crippen molar-refractivity contribution in [1.29, 1.82) is 0 Å². The van der Waals surface area contributed by atoms with E-state index in [0.717, 1.165) is 37.4 Å². The van der Waals surface area contributed by atoms with E-state index in [1.807, 2.05) is 38.1 Å². The Hall–Kier alpha value is -3.32. The summed E-state index contributed by atoms with van der Waals surface area (Å²) in [6, 6.07) is 11.9. The van der Waals surface area contributed by atoms with Crippen LogP contribution in [0.3, 0.4) is 0 Å². The molecule has 2 heterocycles. The second kappa shape index (κ2) is 11.2. The van der Waals surface area contributed by atoms with E-state index in [9.17, 15) is 14.7 Å². The van der Waals surface area contributed by atoms with Crippen LogP contribution in [0.5, 0.6) is 11.5 Å². The summed E-state index contributed by atoms with van der Waals surface area (Å²) in [7, 11) is 0. The molecule has 2 aliphatic rings. The molecule has 7 nitrogen and oxygen atoms in total. The second-order valence-electron chi connectivity index (χ2n) is 9.49. The van der Waals surface area contributed by atoms with Gasteiger partial charge in [-0.05, 0) is 68.7 Å². The van der Waals surface area contributed by atoms with Crippen molar-refractivity contribution >= 4 is 17.4 Å². The van der Waals surface area contributed by atoms with Crippen molar-refractivity contribution in [2.45, 2.75) is 52.7 Å². The first kappa shape index (κ1) is 25.8. The molecule has 0 radical (unpaired) electrons. The van der Waals surface area contributed by atoms with Gasteiger partial charge in [0.2, 0.25) is 5.78 Å². The van der Waals surface area contributed by atoms with Gasteiger partial charge >= 0.3 is 0 Å². The molecule has 192 valence electrons. The summed E-state index contributed by atoms with van der Waals surface area (Å²) in [5.41, 5.74) is 2.07. The minimum Gasteiger partial charge on any atom is -0.872 e. The normalized spacial score (nSPS) is 20.6. The Morgan fingerprint density at radius 3 is 2.64 bits per heavy atom. The van der Waals surface area contributed by atoms with Crippen LogP contribution >= 0.6 is 0 Å². The molecular weight excluding hydrogens is 456 g/mol. The summed E-state index contributed by atoms with van der Waals surface area (Å²) >= 11 is 0. The van der Waals surface area contributed by atoms with Crippen LogP contribution in [0.15, 0.2) is 48.0 Å². The zero-order valence-corrected chi connectivity index (χ0v) is 21.6. The van der Waals surface area contributed by atoms with E-state index < -0.39 is 23.5 Å². The van der Waals surface area contributed by atoms with Crippen molar-refractivity contribution in [1.82, 2.24) is 4.90 Å². The van der Waals surface area contributed by atoms with Crippen LogP contribution in [0.2, 0.25) is 0 Å². The zero-order valence-electron chi connectivity index (χ0n) is 21.6. The van der Waals surface area contributed by atoms with E-state index in [1.54, 1.807) is 23.1 Å². The second-order valence-corrected chi connectivity index (χ2v) is 9.49. The Morgan fingerprint density at radius 2 is 1.92 bits per heavy atom. The number of hydrogen-bond donors (Lipinski definition) is 1. The molecule has 2 aliphatic heterocycles. The maximum absolute atomic E-state index is 13.8. The topological polar surface area (TPSA) is 83.3 Å². The molecule has 4 rings (SSSR count). The van der Waals surface area contributed by atoms with Crippen LogP contribution in [0.4, 0.5) is 0 Å². The first-order chi connectivity index (χ1) is 17.4. The van der Waals surface area contributed by atoms with Gasteiger partial charge < -0.3 is 24.4 Å². The van der Waals surface area contributed by atoms with Gasteiger partial charge in [-0.3, -0.25) is 9.59 Å². The van der Waals surface area contributed by atoms with Crippen molar-refractivity contribution in [2.75, 3.05) is 32.8 Å². The van der Waals surface area contributed by atoms with E-state index in [1.165, 1.54) is 4.90 Å². The number of carbonyl (C=O) groups excluding carboxylic acids is 2. The molecule has 1 amide bonds. The van der Waals surface area contributed by atoms with Crippen LogP contribution in [0.1, 0.15) is 56.8 Å². The number of hydrogen-bond acceptors (Lipinski definition) is 5. The molecule has 0 aromatic heterocycles. The highest BCUT2D eigenvalue weighted by Crippen LogP contribution is 2.40. The molecular formula is C29H36N2O5. The third-order valence-corrected chi connectivity index (χ3v) is 7.10. The van der Waals surface area contributed by atoms with Crippen molar-refractivity contribution in [3.05, 3.63) is 64.7 Å². The molecule has 0 bridgehead atoms. The lowest BCUT2D eigenvalue weighted by Crippen LogP contribution is -3.11. The average Bonchev–Trinajstić information content (AvgIpc) is 3.37. The van der Waals surface area contributed by atoms with Gasteiger partial charge in [0.05, 0.1) is 32.3 Å². The van der Waals surface area contributed by atoms with Crippen LogP contribution in [-0.4, -0.2) is 55.5 Å². The lowest BCUT2D eigenvalue weighted by molar-refractivity contribution is -0.896. The summed E-state index contributed by atoms with van der Waals surface area (Å²) in [4.78, 5) is 29.5. The molecule has 2 unspecified atom stereocenters. The largest absolute Gasteiger partial charge is 0.872 e. The smallest absolute Gasteiger partial charge is 0.295 e. The van der Waals surface area contributed by atoms with E-state index in [-0.39, 0.29) is 11.7 Å². The molecule has 2 aromatic rings. The standard InChI is InChI=1S/C29H36N2O5/c1-5-30(6-2)14-9-15-31-26(20-10-8-11-23(18-20)35-7-3)25(28(33)29(31)34)27(32)21-12-13-24-22(17-21)16-19(4)36-24/h8,10-13,17-19,26,32H,5-7,9,14-16H2,1-4H3. The molecule has 0 saturated carbocycles. The van der Waals surface area contributed by atoms with Gasteiger partial charge in [-0.2, -0.15) is 0 Å². The molecule has 1 saturated heterocycles. The summed E-state index contributed by atoms with van der Waals surface area (Å²) < 4.78 is 11.4. The fraction of sp³-hybridized carbons (Fsp3) is 0.448. The van der Waals surface area contributed by atoms with Gasteiger partial charge in [-0.1, -0.05) is 24.0 Å². The minimum absolute atomic E-state index is 0.00995. The maximum Gasteiger partial charge on any atom is 0.295 e. The van der Waals surface area contributed by atoms with E-state index in [4.69, 9.17) is 9.47 Å². The number of ether oxygens (including phenoxy) is 2. The quantitative estimate of drug-likeness (QED) is 0.311. The molecule has 7 heteroatoms. The number of fused-ring (bicyclic) bond motifs is 1. The molecule has 2 aromatic carbocycles. The van der Waals surface area contributed by atoms with E-state index >= 15 is 0 Å².